The van der Waals surface area contributed by atoms with Gasteiger partial charge in [-0.1, -0.05) is 0 Å². The number of rotatable bonds is 5. The first-order chi connectivity index (χ1) is 9.56. The monoisotopic (exact) mass is 279 g/mol. The van der Waals surface area contributed by atoms with Gasteiger partial charge in [0.15, 0.2) is 5.75 Å². The number of nitrogens with zero attached hydrogens (tertiary/aromatic N) is 3. The number of likely N-dealkylation sites (N-methyl/N-ethyl adjacent to an activating group) is 1. The van der Waals surface area contributed by atoms with E-state index < -0.39 is 4.92 Å². The van der Waals surface area contributed by atoms with Crippen molar-refractivity contribution in [2.24, 2.45) is 0 Å². The van der Waals surface area contributed by atoms with Gasteiger partial charge < -0.3 is 14.5 Å². The number of anilines is 1. The Morgan fingerprint density at radius 3 is 2.70 bits per heavy atom. The van der Waals surface area contributed by atoms with Crippen LogP contribution in [0.5, 0.6) is 5.75 Å². The van der Waals surface area contributed by atoms with Gasteiger partial charge in [-0.3, -0.25) is 14.9 Å². The summed E-state index contributed by atoms with van der Waals surface area (Å²) in [4.78, 5) is 25.8. The fourth-order valence-corrected chi connectivity index (χ4v) is 2.17. The fraction of sp³-hybridized carbons (Fsp3) is 0.462. The Morgan fingerprint density at radius 1 is 1.40 bits per heavy atom. The number of benzene rings is 1. The first-order valence-electron chi connectivity index (χ1n) is 6.50. The van der Waals surface area contributed by atoms with Crippen LogP contribution in [0, 0.1) is 10.1 Å². The highest BCUT2D eigenvalue weighted by atomic mass is 16.6. The number of hydrogen-bond acceptors (Lipinski definition) is 5. The maximum atomic E-state index is 11.7. The molecule has 7 nitrogen and oxygen atoms in total. The minimum absolute atomic E-state index is 0.0591. The normalized spacial score (nSPS) is 14.8. The van der Waals surface area contributed by atoms with Crippen LogP contribution in [0.1, 0.15) is 13.8 Å². The van der Waals surface area contributed by atoms with Gasteiger partial charge in [0.2, 0.25) is 5.91 Å². The second-order valence-corrected chi connectivity index (χ2v) is 4.43. The predicted octanol–water partition coefficient (Wildman–Crippen LogP) is 1.62. The molecule has 1 saturated heterocycles. The van der Waals surface area contributed by atoms with Crippen LogP contribution >= 0.6 is 0 Å². The lowest BCUT2D eigenvalue weighted by Gasteiger charge is -2.19. The molecule has 1 fully saturated rings. The lowest BCUT2D eigenvalue weighted by atomic mass is 10.2. The van der Waals surface area contributed by atoms with Gasteiger partial charge in [0.1, 0.15) is 0 Å². The van der Waals surface area contributed by atoms with Crippen molar-refractivity contribution in [1.29, 1.82) is 0 Å². The SMILES string of the molecule is CCOc1cc(N2CC(=O)N(CC)C2)ccc1[N+](=O)[O-]. The molecule has 0 spiro atoms. The molecule has 0 N–H and O–H groups in total. The van der Waals surface area contributed by atoms with Gasteiger partial charge in [0, 0.05) is 24.4 Å². The molecule has 108 valence electrons. The van der Waals surface area contributed by atoms with E-state index in [4.69, 9.17) is 4.74 Å². The lowest BCUT2D eigenvalue weighted by Crippen LogP contribution is -2.26. The molecule has 0 unspecified atom stereocenters. The maximum absolute atomic E-state index is 11.7. The van der Waals surface area contributed by atoms with Crippen molar-refractivity contribution in [2.45, 2.75) is 13.8 Å². The van der Waals surface area contributed by atoms with Crippen LogP contribution < -0.4 is 9.64 Å². The average molecular weight is 279 g/mol. The molecule has 0 bridgehead atoms. The van der Waals surface area contributed by atoms with Crippen molar-refractivity contribution in [3.8, 4) is 5.75 Å². The summed E-state index contributed by atoms with van der Waals surface area (Å²) >= 11 is 0. The van der Waals surface area contributed by atoms with Crippen LogP contribution in [0.2, 0.25) is 0 Å². The van der Waals surface area contributed by atoms with E-state index in [1.807, 2.05) is 11.8 Å². The molecule has 0 atom stereocenters. The quantitative estimate of drug-likeness (QED) is 0.604. The van der Waals surface area contributed by atoms with E-state index in [2.05, 4.69) is 0 Å². The van der Waals surface area contributed by atoms with Crippen molar-refractivity contribution in [3.05, 3.63) is 28.3 Å². The highest BCUT2D eigenvalue weighted by Gasteiger charge is 2.27. The summed E-state index contributed by atoms with van der Waals surface area (Å²) in [5, 5.41) is 10.9. The van der Waals surface area contributed by atoms with Crippen LogP contribution in [-0.4, -0.2) is 42.1 Å². The van der Waals surface area contributed by atoms with E-state index in [0.29, 0.717) is 19.8 Å². The zero-order valence-electron chi connectivity index (χ0n) is 11.5. The third kappa shape index (κ3) is 2.66. The summed E-state index contributed by atoms with van der Waals surface area (Å²) in [5.74, 6) is 0.293. The van der Waals surface area contributed by atoms with Crippen LogP contribution in [0.25, 0.3) is 0 Å². The fourth-order valence-electron chi connectivity index (χ4n) is 2.17. The number of nitro groups is 1. The molecule has 7 heteroatoms. The van der Waals surface area contributed by atoms with Crippen LogP contribution in [-0.2, 0) is 4.79 Å². The van der Waals surface area contributed by atoms with Crippen LogP contribution in [0.4, 0.5) is 11.4 Å². The zero-order valence-corrected chi connectivity index (χ0v) is 11.5. The summed E-state index contributed by atoms with van der Waals surface area (Å²) < 4.78 is 5.31. The van der Waals surface area contributed by atoms with Gasteiger partial charge in [-0.05, 0) is 19.9 Å². The summed E-state index contributed by atoms with van der Waals surface area (Å²) in [6.07, 6.45) is 0. The third-order valence-electron chi connectivity index (χ3n) is 3.21. The largest absolute Gasteiger partial charge is 0.487 e. The van der Waals surface area contributed by atoms with Crippen LogP contribution in [0.3, 0.4) is 0 Å². The highest BCUT2D eigenvalue weighted by Crippen LogP contribution is 2.32. The van der Waals surface area contributed by atoms with Crippen molar-refractivity contribution < 1.29 is 14.5 Å². The van der Waals surface area contributed by atoms with E-state index in [1.165, 1.54) is 6.07 Å². The minimum atomic E-state index is -0.470. The van der Waals surface area contributed by atoms with Gasteiger partial charge in [-0.25, -0.2) is 0 Å². The number of ether oxygens (including phenoxy) is 1. The first-order valence-corrected chi connectivity index (χ1v) is 6.50. The van der Waals surface area contributed by atoms with E-state index in [1.54, 1.807) is 24.0 Å². The van der Waals surface area contributed by atoms with Gasteiger partial charge in [-0.15, -0.1) is 0 Å². The number of carbonyl (C=O) groups excluding carboxylic acids is 1. The molecule has 0 radical (unpaired) electrons. The average Bonchev–Trinajstić information content (AvgIpc) is 2.80. The smallest absolute Gasteiger partial charge is 0.311 e. The standard InChI is InChI=1S/C13H17N3O4/c1-3-14-9-15(8-13(14)17)10-5-6-11(16(18)19)12(7-10)20-4-2/h5-7H,3-4,8-9H2,1-2H3. The third-order valence-corrected chi connectivity index (χ3v) is 3.21. The molecule has 2 rings (SSSR count). The molecular weight excluding hydrogens is 262 g/mol. The molecule has 1 aromatic carbocycles. The van der Waals surface area contributed by atoms with Crippen molar-refractivity contribution in [2.75, 3.05) is 31.3 Å². The molecule has 0 aromatic heterocycles. The maximum Gasteiger partial charge on any atom is 0.311 e. The number of carbonyl (C=O) groups is 1. The molecule has 1 aliphatic rings. The Hall–Kier alpha value is -2.31. The second kappa shape index (κ2) is 5.77. The summed E-state index contributed by atoms with van der Waals surface area (Å²) in [6, 6.07) is 4.68. The van der Waals surface area contributed by atoms with E-state index >= 15 is 0 Å². The highest BCUT2D eigenvalue weighted by molar-refractivity contribution is 5.85. The summed E-state index contributed by atoms with van der Waals surface area (Å²) in [7, 11) is 0. The number of nitro benzene ring substituents is 1. The van der Waals surface area contributed by atoms with Gasteiger partial charge in [0.05, 0.1) is 24.7 Å². The van der Waals surface area contributed by atoms with Gasteiger partial charge >= 0.3 is 5.69 Å². The topological polar surface area (TPSA) is 75.9 Å². The van der Waals surface area contributed by atoms with Gasteiger partial charge in [0.25, 0.3) is 0 Å². The Labute approximate surface area is 116 Å². The molecule has 1 heterocycles. The Bertz CT molecular complexity index is 532. The minimum Gasteiger partial charge on any atom is -0.487 e. The lowest BCUT2D eigenvalue weighted by molar-refractivity contribution is -0.385. The number of amides is 1. The summed E-state index contributed by atoms with van der Waals surface area (Å²) in [6.45, 7) is 5.48. The van der Waals surface area contributed by atoms with Crippen molar-refractivity contribution >= 4 is 17.3 Å². The predicted molar refractivity (Wildman–Crippen MR) is 73.9 cm³/mol. The Kier molecular flexibility index (Phi) is 4.07. The first kappa shape index (κ1) is 14.1. The zero-order chi connectivity index (χ0) is 14.7. The van der Waals surface area contributed by atoms with Crippen LogP contribution in [0.15, 0.2) is 18.2 Å². The van der Waals surface area contributed by atoms with Crippen molar-refractivity contribution in [1.82, 2.24) is 4.90 Å². The van der Waals surface area contributed by atoms with Crippen molar-refractivity contribution in [3.63, 3.8) is 0 Å². The van der Waals surface area contributed by atoms with E-state index in [0.717, 1.165) is 5.69 Å². The Morgan fingerprint density at radius 2 is 2.15 bits per heavy atom. The summed E-state index contributed by atoms with van der Waals surface area (Å²) in [5.41, 5.74) is 0.692. The molecule has 20 heavy (non-hydrogen) atoms. The number of hydrogen-bond donors (Lipinski definition) is 0. The molecule has 0 aliphatic carbocycles. The molecule has 1 aromatic rings. The van der Waals surface area contributed by atoms with Gasteiger partial charge in [-0.2, -0.15) is 0 Å². The molecule has 1 amide bonds. The second-order valence-electron chi connectivity index (χ2n) is 4.43. The molecule has 0 saturated carbocycles. The Balaban J connectivity index is 2.27. The molecule has 1 aliphatic heterocycles. The molecular formula is C13H17N3O4. The van der Waals surface area contributed by atoms with E-state index in [9.17, 15) is 14.9 Å². The van der Waals surface area contributed by atoms with E-state index in [-0.39, 0.29) is 23.9 Å².